The van der Waals surface area contributed by atoms with E-state index in [1.54, 1.807) is 17.9 Å². The molecule has 27 heavy (non-hydrogen) atoms. The lowest BCUT2D eigenvalue weighted by atomic mass is 10.1. The monoisotopic (exact) mass is 373 g/mol. The molecule has 1 aromatic carbocycles. The Morgan fingerprint density at radius 1 is 1.22 bits per heavy atom. The standard InChI is InChI=1S/C20H27N3O4/c1-5-26-18(24)14-6-7-17-15(12-14)13-23(21-17)16-8-10-22(11-9-16)19(25)27-20(2,3)4/h6-7,12-13,16H,5,8-11H2,1-4H3. The van der Waals surface area contributed by atoms with Gasteiger partial charge in [-0.3, -0.25) is 4.68 Å². The lowest BCUT2D eigenvalue weighted by Gasteiger charge is -2.33. The molecule has 1 aliphatic rings. The maximum absolute atomic E-state index is 12.2. The molecule has 0 radical (unpaired) electrons. The van der Waals surface area contributed by atoms with Crippen molar-refractivity contribution in [3.05, 3.63) is 30.0 Å². The molecule has 2 aromatic rings. The molecule has 1 aliphatic heterocycles. The number of nitrogens with zero attached hydrogens (tertiary/aromatic N) is 3. The average Bonchev–Trinajstić information content (AvgIpc) is 3.04. The Bertz CT molecular complexity index is 829. The smallest absolute Gasteiger partial charge is 0.410 e. The SMILES string of the molecule is CCOC(=O)c1ccc2nn(C3CCN(C(=O)OC(C)(C)C)CC3)cc2c1. The topological polar surface area (TPSA) is 73.7 Å². The Hall–Kier alpha value is -2.57. The minimum Gasteiger partial charge on any atom is -0.462 e. The second-order valence-corrected chi connectivity index (χ2v) is 7.80. The van der Waals surface area contributed by atoms with Crippen molar-refractivity contribution in [1.29, 1.82) is 0 Å². The van der Waals surface area contributed by atoms with Crippen molar-refractivity contribution >= 4 is 23.0 Å². The number of ether oxygens (including phenoxy) is 2. The Kier molecular flexibility index (Phi) is 5.39. The predicted molar refractivity (Wildman–Crippen MR) is 102 cm³/mol. The fourth-order valence-corrected chi connectivity index (χ4v) is 3.21. The van der Waals surface area contributed by atoms with Crippen LogP contribution in [0.3, 0.4) is 0 Å². The molecule has 1 aromatic heterocycles. The zero-order chi connectivity index (χ0) is 19.6. The lowest BCUT2D eigenvalue weighted by Crippen LogP contribution is -2.42. The summed E-state index contributed by atoms with van der Waals surface area (Å²) >= 11 is 0. The number of hydrogen-bond donors (Lipinski definition) is 0. The number of hydrogen-bond acceptors (Lipinski definition) is 5. The zero-order valence-electron chi connectivity index (χ0n) is 16.4. The number of carbonyl (C=O) groups excluding carboxylic acids is 2. The maximum Gasteiger partial charge on any atom is 0.410 e. The molecule has 1 saturated heterocycles. The summed E-state index contributed by atoms with van der Waals surface area (Å²) in [6.45, 7) is 9.05. The molecule has 2 heterocycles. The molecule has 0 saturated carbocycles. The van der Waals surface area contributed by atoms with Gasteiger partial charge in [0.05, 0.1) is 23.7 Å². The zero-order valence-corrected chi connectivity index (χ0v) is 16.4. The average molecular weight is 373 g/mol. The molecule has 1 fully saturated rings. The first kappa shape index (κ1) is 19.2. The largest absolute Gasteiger partial charge is 0.462 e. The van der Waals surface area contributed by atoms with E-state index in [-0.39, 0.29) is 18.1 Å². The van der Waals surface area contributed by atoms with Gasteiger partial charge in [0.15, 0.2) is 0 Å². The molecule has 7 nitrogen and oxygen atoms in total. The summed E-state index contributed by atoms with van der Waals surface area (Å²) in [5.74, 6) is -0.321. The fourth-order valence-electron chi connectivity index (χ4n) is 3.21. The summed E-state index contributed by atoms with van der Waals surface area (Å²) < 4.78 is 12.4. The van der Waals surface area contributed by atoms with Crippen molar-refractivity contribution in [2.45, 2.75) is 52.2 Å². The molecule has 0 spiro atoms. The van der Waals surface area contributed by atoms with Crippen LogP contribution in [0.5, 0.6) is 0 Å². The summed E-state index contributed by atoms with van der Waals surface area (Å²) in [6.07, 6.45) is 3.34. The Morgan fingerprint density at radius 2 is 1.93 bits per heavy atom. The van der Waals surface area contributed by atoms with Crippen LogP contribution < -0.4 is 0 Å². The van der Waals surface area contributed by atoms with Crippen LogP contribution >= 0.6 is 0 Å². The molecule has 3 rings (SSSR count). The molecule has 0 aliphatic carbocycles. The van der Waals surface area contributed by atoms with Gasteiger partial charge in [0.1, 0.15) is 5.60 Å². The van der Waals surface area contributed by atoms with Gasteiger partial charge >= 0.3 is 12.1 Å². The van der Waals surface area contributed by atoms with Crippen molar-refractivity contribution in [2.24, 2.45) is 0 Å². The van der Waals surface area contributed by atoms with Crippen LogP contribution in [-0.2, 0) is 9.47 Å². The Balaban J connectivity index is 1.67. The molecule has 7 heteroatoms. The number of esters is 1. The number of carbonyl (C=O) groups is 2. The maximum atomic E-state index is 12.2. The first-order chi connectivity index (χ1) is 12.8. The van der Waals surface area contributed by atoms with Crippen LogP contribution in [0.15, 0.2) is 24.4 Å². The fraction of sp³-hybridized carbons (Fsp3) is 0.550. The van der Waals surface area contributed by atoms with Crippen molar-refractivity contribution in [2.75, 3.05) is 19.7 Å². The van der Waals surface area contributed by atoms with Crippen LogP contribution in [-0.4, -0.2) is 52.0 Å². The molecular weight excluding hydrogens is 346 g/mol. The van der Waals surface area contributed by atoms with Gasteiger partial charge in [0, 0.05) is 24.7 Å². The molecule has 0 atom stereocenters. The van der Waals surface area contributed by atoms with Crippen LogP contribution in [0.2, 0.25) is 0 Å². The van der Waals surface area contributed by atoms with Crippen LogP contribution in [0.25, 0.3) is 10.9 Å². The Labute approximate surface area is 159 Å². The third-order valence-corrected chi connectivity index (χ3v) is 4.52. The van der Waals surface area contributed by atoms with E-state index in [2.05, 4.69) is 5.10 Å². The van der Waals surface area contributed by atoms with Gasteiger partial charge in [-0.05, 0) is 58.7 Å². The summed E-state index contributed by atoms with van der Waals surface area (Å²) in [5.41, 5.74) is 0.894. The number of amides is 1. The highest BCUT2D eigenvalue weighted by molar-refractivity contribution is 5.94. The van der Waals surface area contributed by atoms with E-state index in [4.69, 9.17) is 9.47 Å². The van der Waals surface area contributed by atoms with E-state index >= 15 is 0 Å². The molecular formula is C20H27N3O4. The second-order valence-electron chi connectivity index (χ2n) is 7.80. The van der Waals surface area contributed by atoms with Gasteiger partial charge in [-0.2, -0.15) is 5.10 Å². The molecule has 0 bridgehead atoms. The van der Waals surface area contributed by atoms with Crippen molar-refractivity contribution in [3.63, 3.8) is 0 Å². The number of likely N-dealkylation sites (tertiary alicyclic amines) is 1. The van der Waals surface area contributed by atoms with Crippen molar-refractivity contribution in [1.82, 2.24) is 14.7 Å². The van der Waals surface area contributed by atoms with Crippen molar-refractivity contribution < 1.29 is 19.1 Å². The van der Waals surface area contributed by atoms with E-state index in [1.807, 2.05) is 43.8 Å². The Morgan fingerprint density at radius 3 is 2.56 bits per heavy atom. The van der Waals surface area contributed by atoms with Gasteiger partial charge in [-0.1, -0.05) is 0 Å². The summed E-state index contributed by atoms with van der Waals surface area (Å²) in [7, 11) is 0. The van der Waals surface area contributed by atoms with E-state index in [9.17, 15) is 9.59 Å². The third kappa shape index (κ3) is 4.59. The van der Waals surface area contributed by atoms with E-state index in [0.29, 0.717) is 25.3 Å². The van der Waals surface area contributed by atoms with E-state index in [1.165, 1.54) is 0 Å². The molecule has 0 N–H and O–H groups in total. The number of rotatable bonds is 3. The van der Waals surface area contributed by atoms with Crippen LogP contribution in [0.4, 0.5) is 4.79 Å². The highest BCUT2D eigenvalue weighted by Crippen LogP contribution is 2.26. The van der Waals surface area contributed by atoms with Gasteiger partial charge in [-0.15, -0.1) is 0 Å². The predicted octanol–water partition coefficient (Wildman–Crippen LogP) is 3.79. The molecule has 146 valence electrons. The van der Waals surface area contributed by atoms with Crippen LogP contribution in [0.1, 0.15) is 56.9 Å². The molecule has 1 amide bonds. The van der Waals surface area contributed by atoms with Gasteiger partial charge in [-0.25, -0.2) is 9.59 Å². The second kappa shape index (κ2) is 7.58. The summed E-state index contributed by atoms with van der Waals surface area (Å²) in [4.78, 5) is 25.8. The third-order valence-electron chi connectivity index (χ3n) is 4.52. The van der Waals surface area contributed by atoms with Gasteiger partial charge < -0.3 is 14.4 Å². The minimum atomic E-state index is -0.482. The van der Waals surface area contributed by atoms with Gasteiger partial charge in [0.2, 0.25) is 0 Å². The summed E-state index contributed by atoms with van der Waals surface area (Å²) in [6, 6.07) is 5.62. The lowest BCUT2D eigenvalue weighted by molar-refractivity contribution is 0.0184. The van der Waals surface area contributed by atoms with Crippen LogP contribution in [0, 0.1) is 0 Å². The minimum absolute atomic E-state index is 0.224. The first-order valence-corrected chi connectivity index (χ1v) is 9.41. The summed E-state index contributed by atoms with van der Waals surface area (Å²) in [5, 5.41) is 5.55. The van der Waals surface area contributed by atoms with E-state index < -0.39 is 5.60 Å². The van der Waals surface area contributed by atoms with Gasteiger partial charge in [0.25, 0.3) is 0 Å². The highest BCUT2D eigenvalue weighted by atomic mass is 16.6. The quantitative estimate of drug-likeness (QED) is 0.766. The number of benzene rings is 1. The number of piperidine rings is 1. The number of aromatic nitrogens is 2. The first-order valence-electron chi connectivity index (χ1n) is 9.41. The normalized spacial score (nSPS) is 15.8. The number of fused-ring (bicyclic) bond motifs is 1. The van der Waals surface area contributed by atoms with Crippen molar-refractivity contribution in [3.8, 4) is 0 Å². The molecule has 0 unspecified atom stereocenters. The highest BCUT2D eigenvalue weighted by Gasteiger charge is 2.28. The van der Waals surface area contributed by atoms with E-state index in [0.717, 1.165) is 23.7 Å².